The predicted octanol–water partition coefficient (Wildman–Crippen LogP) is 4.15. The van der Waals surface area contributed by atoms with Gasteiger partial charge in [0.15, 0.2) is 5.96 Å². The first-order chi connectivity index (χ1) is 12.3. The molecule has 0 saturated carbocycles. The van der Waals surface area contributed by atoms with Crippen molar-refractivity contribution in [3.05, 3.63) is 35.6 Å². The zero-order valence-electron chi connectivity index (χ0n) is 17.4. The van der Waals surface area contributed by atoms with E-state index in [-0.39, 0.29) is 35.2 Å². The molecule has 4 nitrogen and oxygen atoms in total. The summed E-state index contributed by atoms with van der Waals surface area (Å²) in [6, 6.07) is 7.91. The van der Waals surface area contributed by atoms with Crippen molar-refractivity contribution in [3.8, 4) is 0 Å². The highest BCUT2D eigenvalue weighted by Gasteiger charge is 2.23. The maximum Gasteiger partial charge on any atom is 0.191 e. The van der Waals surface area contributed by atoms with Crippen LogP contribution in [0.1, 0.15) is 53.0 Å². The second kappa shape index (κ2) is 11.2. The molecule has 0 unspecified atom stereocenters. The van der Waals surface area contributed by atoms with Crippen LogP contribution in [-0.2, 0) is 5.41 Å². The number of halogens is 2. The van der Waals surface area contributed by atoms with Gasteiger partial charge in [-0.3, -0.25) is 4.99 Å². The summed E-state index contributed by atoms with van der Waals surface area (Å²) in [5.74, 6) is 0.668. The quantitative estimate of drug-likeness (QED) is 0.358. The predicted molar refractivity (Wildman–Crippen MR) is 124 cm³/mol. The highest BCUT2D eigenvalue weighted by atomic mass is 127. The van der Waals surface area contributed by atoms with E-state index in [4.69, 9.17) is 4.99 Å². The van der Waals surface area contributed by atoms with E-state index in [1.165, 1.54) is 6.07 Å². The molecule has 0 spiro atoms. The standard InChI is InChI=1S/C21H35FN4.HI/c1-6-23-20(25-19-10-12-26(13-11-19)16(2)3)24-15-21(4,5)17-8-7-9-18(22)14-17;/h7-9,14,16,19H,6,10-13,15H2,1-5H3,(H2,23,24,25);1H. The lowest BCUT2D eigenvalue weighted by molar-refractivity contribution is 0.167. The normalized spacial score (nSPS) is 16.9. The number of aliphatic imine (C=N–C) groups is 1. The Morgan fingerprint density at radius 2 is 1.96 bits per heavy atom. The van der Waals surface area contributed by atoms with Crippen LogP contribution < -0.4 is 10.6 Å². The van der Waals surface area contributed by atoms with Gasteiger partial charge in [0.2, 0.25) is 0 Å². The average Bonchev–Trinajstić information content (AvgIpc) is 2.60. The summed E-state index contributed by atoms with van der Waals surface area (Å²) in [6.45, 7) is 14.5. The molecule has 1 aliphatic rings. The topological polar surface area (TPSA) is 39.7 Å². The first-order valence-electron chi connectivity index (χ1n) is 9.86. The molecule has 0 aliphatic carbocycles. The number of nitrogens with zero attached hydrogens (tertiary/aromatic N) is 2. The molecule has 2 rings (SSSR count). The van der Waals surface area contributed by atoms with Crippen molar-refractivity contribution in [2.75, 3.05) is 26.2 Å². The summed E-state index contributed by atoms with van der Waals surface area (Å²) >= 11 is 0. The number of benzene rings is 1. The first kappa shape index (κ1) is 24.1. The minimum absolute atomic E-state index is 0. The Bertz CT molecular complexity index is 596. The second-order valence-electron chi connectivity index (χ2n) is 8.14. The van der Waals surface area contributed by atoms with Gasteiger partial charge in [-0.25, -0.2) is 4.39 Å². The Kier molecular flexibility index (Phi) is 10.0. The lowest BCUT2D eigenvalue weighted by Crippen LogP contribution is -2.50. The van der Waals surface area contributed by atoms with Crippen LogP contribution in [0.25, 0.3) is 0 Å². The largest absolute Gasteiger partial charge is 0.357 e. The van der Waals surface area contributed by atoms with Crippen molar-refractivity contribution >= 4 is 29.9 Å². The molecule has 27 heavy (non-hydrogen) atoms. The molecular formula is C21H36FIN4. The molecule has 1 aliphatic heterocycles. The van der Waals surface area contributed by atoms with E-state index in [0.29, 0.717) is 18.6 Å². The first-order valence-corrected chi connectivity index (χ1v) is 9.86. The fourth-order valence-corrected chi connectivity index (χ4v) is 3.35. The Balaban J connectivity index is 0.00000364. The number of guanidine groups is 1. The van der Waals surface area contributed by atoms with Gasteiger partial charge in [-0.1, -0.05) is 26.0 Å². The minimum Gasteiger partial charge on any atom is -0.357 e. The van der Waals surface area contributed by atoms with Crippen LogP contribution in [0.3, 0.4) is 0 Å². The smallest absolute Gasteiger partial charge is 0.191 e. The molecule has 1 aromatic rings. The van der Waals surface area contributed by atoms with Gasteiger partial charge >= 0.3 is 0 Å². The fourth-order valence-electron chi connectivity index (χ4n) is 3.35. The van der Waals surface area contributed by atoms with Gasteiger partial charge in [-0.2, -0.15) is 0 Å². The maximum atomic E-state index is 13.6. The molecular weight excluding hydrogens is 454 g/mol. The summed E-state index contributed by atoms with van der Waals surface area (Å²) in [4.78, 5) is 7.32. The molecule has 1 fully saturated rings. The lowest BCUT2D eigenvalue weighted by Gasteiger charge is -2.35. The van der Waals surface area contributed by atoms with Crippen molar-refractivity contribution in [1.82, 2.24) is 15.5 Å². The van der Waals surface area contributed by atoms with Crippen molar-refractivity contribution in [2.24, 2.45) is 4.99 Å². The maximum absolute atomic E-state index is 13.6. The Morgan fingerprint density at radius 3 is 2.52 bits per heavy atom. The lowest BCUT2D eigenvalue weighted by atomic mass is 9.85. The fraction of sp³-hybridized carbons (Fsp3) is 0.667. The monoisotopic (exact) mass is 490 g/mol. The van der Waals surface area contributed by atoms with Crippen molar-refractivity contribution in [2.45, 2.75) is 65.0 Å². The zero-order chi connectivity index (χ0) is 19.2. The highest BCUT2D eigenvalue weighted by Crippen LogP contribution is 2.24. The molecule has 0 aromatic heterocycles. The van der Waals surface area contributed by atoms with Crippen LogP contribution >= 0.6 is 24.0 Å². The van der Waals surface area contributed by atoms with Crippen LogP contribution in [-0.4, -0.2) is 49.1 Å². The third-order valence-electron chi connectivity index (χ3n) is 5.18. The van der Waals surface area contributed by atoms with Crippen LogP contribution in [0.4, 0.5) is 4.39 Å². The number of rotatable bonds is 6. The van der Waals surface area contributed by atoms with E-state index in [0.717, 1.165) is 44.0 Å². The molecule has 1 saturated heterocycles. The van der Waals surface area contributed by atoms with Crippen LogP contribution in [0.15, 0.2) is 29.3 Å². The van der Waals surface area contributed by atoms with Gasteiger partial charge in [0.25, 0.3) is 0 Å². The SMILES string of the molecule is CCNC(=NCC(C)(C)c1cccc(F)c1)NC1CCN(C(C)C)CC1.I. The van der Waals surface area contributed by atoms with Crippen LogP contribution in [0.2, 0.25) is 0 Å². The molecule has 0 radical (unpaired) electrons. The van der Waals surface area contributed by atoms with E-state index in [1.807, 2.05) is 6.07 Å². The van der Waals surface area contributed by atoms with Gasteiger partial charge in [-0.15, -0.1) is 24.0 Å². The molecule has 1 heterocycles. The van der Waals surface area contributed by atoms with Gasteiger partial charge in [0.05, 0.1) is 6.54 Å². The Morgan fingerprint density at radius 1 is 1.30 bits per heavy atom. The molecule has 6 heteroatoms. The molecule has 0 atom stereocenters. The van der Waals surface area contributed by atoms with E-state index < -0.39 is 0 Å². The van der Waals surface area contributed by atoms with Crippen molar-refractivity contribution in [3.63, 3.8) is 0 Å². The number of hydrogen-bond donors (Lipinski definition) is 2. The van der Waals surface area contributed by atoms with Gasteiger partial charge in [-0.05, 0) is 51.3 Å². The summed E-state index contributed by atoms with van der Waals surface area (Å²) < 4.78 is 13.6. The second-order valence-corrected chi connectivity index (χ2v) is 8.14. The Hall–Kier alpha value is -0.890. The van der Waals surface area contributed by atoms with E-state index in [1.54, 1.807) is 12.1 Å². The number of nitrogens with one attached hydrogen (secondary N) is 2. The highest BCUT2D eigenvalue weighted by molar-refractivity contribution is 14.0. The summed E-state index contributed by atoms with van der Waals surface area (Å²) in [5, 5.41) is 6.94. The van der Waals surface area contributed by atoms with E-state index >= 15 is 0 Å². The van der Waals surface area contributed by atoms with Crippen molar-refractivity contribution < 1.29 is 4.39 Å². The summed E-state index contributed by atoms with van der Waals surface area (Å²) in [5.41, 5.74) is 0.758. The van der Waals surface area contributed by atoms with Crippen LogP contribution in [0.5, 0.6) is 0 Å². The average molecular weight is 490 g/mol. The van der Waals surface area contributed by atoms with Gasteiger partial charge in [0, 0.05) is 37.1 Å². The molecule has 0 amide bonds. The van der Waals surface area contributed by atoms with Gasteiger partial charge < -0.3 is 15.5 Å². The molecule has 154 valence electrons. The molecule has 1 aromatic carbocycles. The van der Waals surface area contributed by atoms with E-state index in [9.17, 15) is 4.39 Å². The van der Waals surface area contributed by atoms with Crippen molar-refractivity contribution in [1.29, 1.82) is 0 Å². The molecule has 2 N–H and O–H groups in total. The molecule has 0 bridgehead atoms. The summed E-state index contributed by atoms with van der Waals surface area (Å²) in [6.07, 6.45) is 2.27. The number of likely N-dealkylation sites (tertiary alicyclic amines) is 1. The number of hydrogen-bond acceptors (Lipinski definition) is 2. The number of piperidine rings is 1. The summed E-state index contributed by atoms with van der Waals surface area (Å²) in [7, 11) is 0. The third kappa shape index (κ3) is 7.56. The van der Waals surface area contributed by atoms with E-state index in [2.05, 4.69) is 50.2 Å². The Labute approximate surface area is 181 Å². The van der Waals surface area contributed by atoms with Crippen LogP contribution in [0, 0.1) is 5.82 Å². The zero-order valence-corrected chi connectivity index (χ0v) is 19.7. The minimum atomic E-state index is -0.217. The third-order valence-corrected chi connectivity index (χ3v) is 5.18. The van der Waals surface area contributed by atoms with Gasteiger partial charge in [0.1, 0.15) is 5.82 Å².